The van der Waals surface area contributed by atoms with E-state index in [-0.39, 0.29) is 19.2 Å². The van der Waals surface area contributed by atoms with Crippen LogP contribution in [0.1, 0.15) is 18.1 Å². The van der Waals surface area contributed by atoms with Crippen LogP contribution >= 0.6 is 0 Å². The van der Waals surface area contributed by atoms with Crippen LogP contribution in [0.25, 0.3) is 0 Å². The van der Waals surface area contributed by atoms with E-state index in [1.54, 1.807) is 26.2 Å². The number of hydrogen-bond donors (Lipinski definition) is 2. The topological polar surface area (TPSA) is 85.9 Å². The van der Waals surface area contributed by atoms with Crippen LogP contribution < -0.4 is 15.4 Å². The van der Waals surface area contributed by atoms with E-state index in [4.69, 9.17) is 14.2 Å². The lowest BCUT2D eigenvalue weighted by molar-refractivity contribution is -0.141. The Kier molecular flexibility index (Phi) is 6.86. The molecule has 7 heteroatoms. The Morgan fingerprint density at radius 1 is 1.00 bits per heavy atom. The molecule has 0 fully saturated rings. The summed E-state index contributed by atoms with van der Waals surface area (Å²) in [6, 6.07) is 16.0. The van der Waals surface area contributed by atoms with Gasteiger partial charge in [-0.3, -0.25) is 0 Å². The highest BCUT2D eigenvalue weighted by molar-refractivity contribution is 5.94. The molecule has 0 radical (unpaired) electrons. The Morgan fingerprint density at radius 2 is 1.69 bits per heavy atom. The van der Waals surface area contributed by atoms with Gasteiger partial charge in [0.05, 0.1) is 31.9 Å². The van der Waals surface area contributed by atoms with Crippen molar-refractivity contribution in [1.29, 1.82) is 0 Å². The summed E-state index contributed by atoms with van der Waals surface area (Å²) in [4.78, 5) is 24.6. The SMILES string of the molecule is COc1ccc(COC(=O)C2=C(C)NC(=O)NC2COCc2ccccc2)cc1. The van der Waals surface area contributed by atoms with Crippen molar-refractivity contribution in [2.45, 2.75) is 26.2 Å². The molecule has 0 bridgehead atoms. The molecule has 2 aromatic rings. The summed E-state index contributed by atoms with van der Waals surface area (Å²) in [5.41, 5.74) is 2.66. The molecule has 0 spiro atoms. The Balaban J connectivity index is 1.61. The first-order valence-electron chi connectivity index (χ1n) is 9.27. The third-order valence-corrected chi connectivity index (χ3v) is 4.50. The van der Waals surface area contributed by atoms with E-state index in [1.807, 2.05) is 42.5 Å². The van der Waals surface area contributed by atoms with Gasteiger partial charge in [0.2, 0.25) is 0 Å². The first-order valence-corrected chi connectivity index (χ1v) is 9.27. The summed E-state index contributed by atoms with van der Waals surface area (Å²) >= 11 is 0. The van der Waals surface area contributed by atoms with E-state index >= 15 is 0 Å². The molecule has 152 valence electrons. The molecular weight excluding hydrogens is 372 g/mol. The highest BCUT2D eigenvalue weighted by Gasteiger charge is 2.31. The summed E-state index contributed by atoms with van der Waals surface area (Å²) in [6.07, 6.45) is 0. The van der Waals surface area contributed by atoms with E-state index in [9.17, 15) is 9.59 Å². The second kappa shape index (κ2) is 9.75. The number of benzene rings is 2. The van der Waals surface area contributed by atoms with E-state index in [2.05, 4.69) is 10.6 Å². The van der Waals surface area contributed by atoms with Crippen LogP contribution in [0.2, 0.25) is 0 Å². The minimum atomic E-state index is -0.587. The number of esters is 1. The maximum Gasteiger partial charge on any atom is 0.338 e. The van der Waals surface area contributed by atoms with Crippen molar-refractivity contribution < 1.29 is 23.8 Å². The lowest BCUT2D eigenvalue weighted by atomic mass is 10.0. The monoisotopic (exact) mass is 396 g/mol. The molecule has 2 amide bonds. The first-order chi connectivity index (χ1) is 14.1. The molecular formula is C22H24N2O5. The Bertz CT molecular complexity index is 878. The predicted molar refractivity (Wildman–Crippen MR) is 107 cm³/mol. The smallest absolute Gasteiger partial charge is 0.338 e. The van der Waals surface area contributed by atoms with Crippen molar-refractivity contribution in [3.8, 4) is 5.75 Å². The molecule has 1 heterocycles. The van der Waals surface area contributed by atoms with Crippen LogP contribution in [0.15, 0.2) is 65.9 Å². The number of carbonyl (C=O) groups is 2. The zero-order valence-corrected chi connectivity index (χ0v) is 16.4. The normalized spacial score (nSPS) is 16.1. The zero-order valence-electron chi connectivity index (χ0n) is 16.4. The fourth-order valence-corrected chi connectivity index (χ4v) is 3.00. The van der Waals surface area contributed by atoms with Gasteiger partial charge in [0.25, 0.3) is 0 Å². The van der Waals surface area contributed by atoms with Crippen molar-refractivity contribution in [3.63, 3.8) is 0 Å². The molecule has 1 aliphatic rings. The molecule has 0 aromatic heterocycles. The molecule has 3 rings (SSSR count). The second-order valence-corrected chi connectivity index (χ2v) is 6.61. The molecule has 2 N–H and O–H groups in total. The fourth-order valence-electron chi connectivity index (χ4n) is 3.00. The van der Waals surface area contributed by atoms with Crippen molar-refractivity contribution in [3.05, 3.63) is 77.0 Å². The van der Waals surface area contributed by atoms with Gasteiger partial charge in [-0.25, -0.2) is 9.59 Å². The summed E-state index contributed by atoms with van der Waals surface area (Å²) in [5.74, 6) is 0.229. The number of ether oxygens (including phenoxy) is 3. The quantitative estimate of drug-likeness (QED) is 0.670. The molecule has 29 heavy (non-hydrogen) atoms. The van der Waals surface area contributed by atoms with Gasteiger partial charge >= 0.3 is 12.0 Å². The van der Waals surface area contributed by atoms with Crippen molar-refractivity contribution in [2.75, 3.05) is 13.7 Å². The van der Waals surface area contributed by atoms with Crippen LogP contribution in [-0.4, -0.2) is 31.8 Å². The van der Waals surface area contributed by atoms with Gasteiger partial charge in [0.15, 0.2) is 0 Å². The van der Waals surface area contributed by atoms with Gasteiger partial charge in [0, 0.05) is 5.70 Å². The number of hydrogen-bond acceptors (Lipinski definition) is 5. The Morgan fingerprint density at radius 3 is 2.38 bits per heavy atom. The van der Waals surface area contributed by atoms with Gasteiger partial charge < -0.3 is 24.8 Å². The molecule has 1 unspecified atom stereocenters. The molecule has 2 aromatic carbocycles. The molecule has 7 nitrogen and oxygen atoms in total. The fraction of sp³-hybridized carbons (Fsp3) is 0.273. The van der Waals surface area contributed by atoms with Gasteiger partial charge in [-0.15, -0.1) is 0 Å². The molecule has 0 saturated heterocycles. The lowest BCUT2D eigenvalue weighted by Gasteiger charge is -2.27. The van der Waals surface area contributed by atoms with Crippen LogP contribution in [0, 0.1) is 0 Å². The van der Waals surface area contributed by atoms with Crippen molar-refractivity contribution in [2.24, 2.45) is 0 Å². The molecule has 1 aliphatic heterocycles. The number of amides is 2. The first kappa shape index (κ1) is 20.4. The van der Waals surface area contributed by atoms with Gasteiger partial charge in [-0.2, -0.15) is 0 Å². The maximum atomic E-state index is 12.7. The lowest BCUT2D eigenvalue weighted by Crippen LogP contribution is -2.51. The second-order valence-electron chi connectivity index (χ2n) is 6.61. The summed E-state index contributed by atoms with van der Waals surface area (Å²) in [5, 5.41) is 5.35. The number of rotatable bonds is 8. The predicted octanol–water partition coefficient (Wildman–Crippen LogP) is 2.91. The van der Waals surface area contributed by atoms with Gasteiger partial charge in [-0.1, -0.05) is 42.5 Å². The van der Waals surface area contributed by atoms with E-state index in [1.165, 1.54) is 0 Å². The molecule has 1 atom stereocenters. The van der Waals surface area contributed by atoms with Crippen LogP contribution in [0.5, 0.6) is 5.75 Å². The molecule has 0 aliphatic carbocycles. The zero-order chi connectivity index (χ0) is 20.6. The third kappa shape index (κ3) is 5.58. The van der Waals surface area contributed by atoms with Gasteiger partial charge in [-0.05, 0) is 30.2 Å². The van der Waals surface area contributed by atoms with Crippen LogP contribution in [0.3, 0.4) is 0 Å². The van der Waals surface area contributed by atoms with Gasteiger partial charge in [0.1, 0.15) is 12.4 Å². The van der Waals surface area contributed by atoms with Crippen molar-refractivity contribution in [1.82, 2.24) is 10.6 Å². The highest BCUT2D eigenvalue weighted by atomic mass is 16.5. The average Bonchev–Trinajstić information content (AvgIpc) is 2.73. The van der Waals surface area contributed by atoms with E-state index < -0.39 is 12.0 Å². The van der Waals surface area contributed by atoms with Crippen LogP contribution in [-0.2, 0) is 27.5 Å². The largest absolute Gasteiger partial charge is 0.497 e. The number of urea groups is 1. The molecule has 0 saturated carbocycles. The van der Waals surface area contributed by atoms with E-state index in [0.717, 1.165) is 16.9 Å². The highest BCUT2D eigenvalue weighted by Crippen LogP contribution is 2.17. The maximum absolute atomic E-state index is 12.7. The number of allylic oxidation sites excluding steroid dienone is 1. The third-order valence-electron chi connectivity index (χ3n) is 4.50. The Hall–Kier alpha value is -3.32. The minimum absolute atomic E-state index is 0.116. The summed E-state index contributed by atoms with van der Waals surface area (Å²) in [7, 11) is 1.59. The van der Waals surface area contributed by atoms with Crippen LogP contribution in [0.4, 0.5) is 4.79 Å². The number of methoxy groups -OCH3 is 1. The number of nitrogens with one attached hydrogen (secondary N) is 2. The summed E-state index contributed by atoms with van der Waals surface area (Å²) < 4.78 is 16.3. The summed E-state index contributed by atoms with van der Waals surface area (Å²) in [6.45, 7) is 2.33. The average molecular weight is 396 g/mol. The minimum Gasteiger partial charge on any atom is -0.497 e. The Labute approximate surface area is 169 Å². The number of carbonyl (C=O) groups excluding carboxylic acids is 2. The standard InChI is InChI=1S/C22H24N2O5/c1-15-20(21(25)29-13-17-8-10-18(27-2)11-9-17)19(24-22(26)23-15)14-28-12-16-6-4-3-5-7-16/h3-11,19H,12-14H2,1-2H3,(H2,23,24,26). The van der Waals surface area contributed by atoms with E-state index in [0.29, 0.717) is 17.9 Å². The van der Waals surface area contributed by atoms with Crippen molar-refractivity contribution >= 4 is 12.0 Å².